The number of halogens is 2. The van der Waals surface area contributed by atoms with Gasteiger partial charge in [-0.2, -0.15) is 0 Å². The Kier molecular flexibility index (Phi) is 5.93. The molecule has 0 saturated heterocycles. The lowest BCUT2D eigenvalue weighted by Crippen LogP contribution is -2.33. The molecule has 0 aliphatic heterocycles. The smallest absolute Gasteiger partial charge is 0.246 e. The van der Waals surface area contributed by atoms with E-state index in [1.54, 1.807) is 23.6 Å². The molecule has 2 aromatic heterocycles. The number of aromatic nitrogens is 2. The zero-order valence-electron chi connectivity index (χ0n) is 14.4. The number of carbonyl (C=O) groups excluding carboxylic acids is 2. The van der Waals surface area contributed by atoms with Crippen LogP contribution in [0.2, 0.25) is 5.15 Å². The summed E-state index contributed by atoms with van der Waals surface area (Å²) < 4.78 is 2.56. The van der Waals surface area contributed by atoms with Crippen LogP contribution in [0, 0.1) is 0 Å². The minimum Gasteiger partial charge on any atom is -0.333 e. The first kappa shape index (κ1) is 19.1. The summed E-state index contributed by atoms with van der Waals surface area (Å²) in [5.41, 5.74) is 1.94. The molecule has 2 heterocycles. The van der Waals surface area contributed by atoms with Gasteiger partial charge >= 0.3 is 0 Å². The Morgan fingerprint density at radius 2 is 2.00 bits per heavy atom. The van der Waals surface area contributed by atoms with E-state index in [9.17, 15) is 9.59 Å². The zero-order valence-corrected chi connectivity index (χ0v) is 16.7. The number of hydrogen-bond acceptors (Lipinski definition) is 3. The monoisotopic (exact) mass is 446 g/mol. The normalized spacial score (nSPS) is 11.1. The van der Waals surface area contributed by atoms with E-state index in [2.05, 4.69) is 26.2 Å². The summed E-state index contributed by atoms with van der Waals surface area (Å²) in [4.78, 5) is 30.0. The van der Waals surface area contributed by atoms with Crippen LogP contribution in [0.1, 0.15) is 5.69 Å². The van der Waals surface area contributed by atoms with Crippen LogP contribution < -0.4 is 5.32 Å². The molecule has 2 amide bonds. The van der Waals surface area contributed by atoms with Crippen LogP contribution in [0.15, 0.2) is 59.2 Å². The van der Waals surface area contributed by atoms with E-state index in [0.717, 1.165) is 4.47 Å². The summed E-state index contributed by atoms with van der Waals surface area (Å²) in [6, 6.07) is 12.8. The molecule has 1 aromatic carbocycles. The second kappa shape index (κ2) is 8.37. The number of imidazole rings is 1. The predicted molar refractivity (Wildman–Crippen MR) is 110 cm³/mol. The van der Waals surface area contributed by atoms with Gasteiger partial charge in [0, 0.05) is 23.8 Å². The number of carbonyl (C=O) groups is 2. The quantitative estimate of drug-likeness (QED) is 0.604. The maximum atomic E-state index is 12.3. The molecule has 8 heteroatoms. The number of amides is 2. The fourth-order valence-corrected chi connectivity index (χ4v) is 3.08. The third kappa shape index (κ3) is 4.56. The Morgan fingerprint density at radius 3 is 2.78 bits per heavy atom. The third-order valence-electron chi connectivity index (χ3n) is 3.81. The second-order valence-corrected chi connectivity index (χ2v) is 6.98. The van der Waals surface area contributed by atoms with Crippen LogP contribution in [-0.2, 0) is 9.59 Å². The van der Waals surface area contributed by atoms with Crippen molar-refractivity contribution in [3.05, 3.63) is 70.1 Å². The number of hydrogen-bond donors (Lipinski definition) is 1. The summed E-state index contributed by atoms with van der Waals surface area (Å²) in [7, 11) is 1.56. The number of rotatable bonds is 5. The number of benzene rings is 1. The summed E-state index contributed by atoms with van der Waals surface area (Å²) in [5.74, 6) is -0.613. The first-order valence-electron chi connectivity index (χ1n) is 8.06. The highest BCUT2D eigenvalue weighted by molar-refractivity contribution is 9.10. The van der Waals surface area contributed by atoms with Gasteiger partial charge in [0.25, 0.3) is 0 Å². The number of nitrogens with one attached hydrogen (secondary N) is 1. The van der Waals surface area contributed by atoms with Gasteiger partial charge in [-0.25, -0.2) is 4.98 Å². The van der Waals surface area contributed by atoms with Gasteiger partial charge in [0.1, 0.15) is 5.65 Å². The number of anilines is 1. The molecule has 0 unspecified atom stereocenters. The topological polar surface area (TPSA) is 66.7 Å². The summed E-state index contributed by atoms with van der Waals surface area (Å²) in [6.45, 7) is -0.0780. The second-order valence-electron chi connectivity index (χ2n) is 5.77. The van der Waals surface area contributed by atoms with Crippen molar-refractivity contribution in [3.63, 3.8) is 0 Å². The molecule has 0 bridgehead atoms. The van der Waals surface area contributed by atoms with Crippen LogP contribution >= 0.6 is 27.5 Å². The highest BCUT2D eigenvalue weighted by Crippen LogP contribution is 2.21. The standard InChI is InChI=1S/C19H16BrClN4O2/c1-24(12-17(26)22-14-7-3-2-6-13(14)20)18(27)10-9-15-19(21)23-16-8-4-5-11-25(15)16/h2-11H,12H2,1H3,(H,22,26)/b10-9+. The number of nitrogens with zero attached hydrogens (tertiary/aromatic N) is 3. The van der Waals surface area contributed by atoms with Gasteiger partial charge in [-0.1, -0.05) is 29.8 Å². The van der Waals surface area contributed by atoms with Crippen LogP contribution in [0.5, 0.6) is 0 Å². The van der Waals surface area contributed by atoms with Crippen molar-refractivity contribution >= 4 is 56.8 Å². The first-order chi connectivity index (χ1) is 13.0. The molecule has 0 fully saturated rings. The molecule has 3 rings (SSSR count). The summed E-state index contributed by atoms with van der Waals surface area (Å²) >= 11 is 9.51. The van der Waals surface area contributed by atoms with Crippen molar-refractivity contribution in [1.82, 2.24) is 14.3 Å². The molecule has 0 aliphatic rings. The average molecular weight is 448 g/mol. The van der Waals surface area contributed by atoms with E-state index >= 15 is 0 Å². The van der Waals surface area contributed by atoms with Gasteiger partial charge in [0.15, 0.2) is 5.15 Å². The van der Waals surface area contributed by atoms with Crippen molar-refractivity contribution in [1.29, 1.82) is 0 Å². The molecule has 0 radical (unpaired) electrons. The van der Waals surface area contributed by atoms with E-state index in [1.165, 1.54) is 11.0 Å². The lowest BCUT2D eigenvalue weighted by Gasteiger charge is -2.15. The maximum Gasteiger partial charge on any atom is 0.246 e. The van der Waals surface area contributed by atoms with Crippen LogP contribution in [-0.4, -0.2) is 39.7 Å². The molecular weight excluding hydrogens is 432 g/mol. The Hall–Kier alpha value is -2.64. The Balaban J connectivity index is 1.65. The Morgan fingerprint density at radius 1 is 1.26 bits per heavy atom. The van der Waals surface area contributed by atoms with Crippen LogP contribution in [0.25, 0.3) is 11.7 Å². The molecular formula is C19H16BrClN4O2. The highest BCUT2D eigenvalue weighted by atomic mass is 79.9. The average Bonchev–Trinajstić information content (AvgIpc) is 2.96. The summed E-state index contributed by atoms with van der Waals surface area (Å²) in [6.07, 6.45) is 4.77. The van der Waals surface area contributed by atoms with Crippen LogP contribution in [0.3, 0.4) is 0 Å². The van der Waals surface area contributed by atoms with E-state index in [1.807, 2.05) is 42.6 Å². The van der Waals surface area contributed by atoms with Gasteiger partial charge < -0.3 is 10.2 Å². The molecule has 6 nitrogen and oxygen atoms in total. The largest absolute Gasteiger partial charge is 0.333 e. The van der Waals surface area contributed by atoms with Crippen molar-refractivity contribution in [3.8, 4) is 0 Å². The highest BCUT2D eigenvalue weighted by Gasteiger charge is 2.13. The number of para-hydroxylation sites is 1. The van der Waals surface area contributed by atoms with Crippen molar-refractivity contribution in [2.75, 3.05) is 18.9 Å². The molecule has 138 valence electrons. The molecule has 27 heavy (non-hydrogen) atoms. The van der Waals surface area contributed by atoms with Crippen molar-refractivity contribution in [2.24, 2.45) is 0 Å². The third-order valence-corrected chi connectivity index (χ3v) is 4.78. The van der Waals surface area contributed by atoms with Gasteiger partial charge in [-0.3, -0.25) is 14.0 Å². The van der Waals surface area contributed by atoms with Crippen molar-refractivity contribution in [2.45, 2.75) is 0 Å². The van der Waals surface area contributed by atoms with Crippen LogP contribution in [0.4, 0.5) is 5.69 Å². The SMILES string of the molecule is CN(CC(=O)Nc1ccccc1Br)C(=O)/C=C/c1c(Cl)nc2ccccn12. The molecule has 3 aromatic rings. The predicted octanol–water partition coefficient (Wildman–Crippen LogP) is 3.86. The minimum atomic E-state index is -0.320. The van der Waals surface area contributed by atoms with E-state index in [4.69, 9.17) is 11.6 Å². The number of pyridine rings is 1. The number of likely N-dealkylation sites (N-methyl/N-ethyl adjacent to an activating group) is 1. The fraction of sp³-hybridized carbons (Fsp3) is 0.105. The van der Waals surface area contributed by atoms with E-state index in [0.29, 0.717) is 22.2 Å². The molecule has 0 spiro atoms. The Labute approximate surface area is 169 Å². The summed E-state index contributed by atoms with van der Waals surface area (Å²) in [5, 5.41) is 3.07. The Bertz CT molecular complexity index is 1030. The molecule has 0 saturated carbocycles. The molecule has 0 aliphatic carbocycles. The molecule has 1 N–H and O–H groups in total. The van der Waals surface area contributed by atoms with E-state index < -0.39 is 0 Å². The van der Waals surface area contributed by atoms with Gasteiger partial charge in [-0.15, -0.1) is 0 Å². The maximum absolute atomic E-state index is 12.3. The van der Waals surface area contributed by atoms with Gasteiger partial charge in [0.2, 0.25) is 11.8 Å². The fourth-order valence-electron chi connectivity index (χ4n) is 2.46. The van der Waals surface area contributed by atoms with Crippen molar-refractivity contribution < 1.29 is 9.59 Å². The van der Waals surface area contributed by atoms with Gasteiger partial charge in [-0.05, 0) is 46.3 Å². The van der Waals surface area contributed by atoms with E-state index in [-0.39, 0.29) is 18.4 Å². The van der Waals surface area contributed by atoms with Gasteiger partial charge in [0.05, 0.1) is 17.9 Å². The first-order valence-corrected chi connectivity index (χ1v) is 9.23. The number of fused-ring (bicyclic) bond motifs is 1. The lowest BCUT2D eigenvalue weighted by atomic mass is 10.3. The molecule has 0 atom stereocenters. The minimum absolute atomic E-state index is 0.0780. The zero-order chi connectivity index (χ0) is 19.4. The lowest BCUT2D eigenvalue weighted by molar-refractivity contribution is -0.129.